The number of nitrogens with zero attached hydrogens (tertiary/aromatic N) is 1. The topological polar surface area (TPSA) is 58.6 Å². The summed E-state index contributed by atoms with van der Waals surface area (Å²) >= 11 is 3.36. The molecule has 2 aromatic rings. The Morgan fingerprint density at radius 2 is 1.63 bits per heavy atom. The van der Waals surface area contributed by atoms with Crippen LogP contribution in [0.3, 0.4) is 0 Å². The van der Waals surface area contributed by atoms with E-state index in [1.54, 1.807) is 24.3 Å². The van der Waals surface area contributed by atoms with Crippen LogP contribution in [0.4, 0.5) is 5.69 Å². The maximum Gasteiger partial charge on any atom is 0.262 e. The summed E-state index contributed by atoms with van der Waals surface area (Å²) in [6.45, 7) is 1.43. The van der Waals surface area contributed by atoms with Crippen molar-refractivity contribution in [2.45, 2.75) is 25.7 Å². The third kappa shape index (κ3) is 5.57. The minimum atomic E-state index is -0.297. The van der Waals surface area contributed by atoms with E-state index in [0.29, 0.717) is 17.0 Å². The van der Waals surface area contributed by atoms with Gasteiger partial charge in [-0.2, -0.15) is 0 Å². The second-order valence-corrected chi connectivity index (χ2v) is 7.46. The highest BCUT2D eigenvalue weighted by molar-refractivity contribution is 9.10. The molecule has 0 atom stereocenters. The van der Waals surface area contributed by atoms with Crippen LogP contribution in [-0.2, 0) is 4.79 Å². The first-order chi connectivity index (χ1) is 13.1. The van der Waals surface area contributed by atoms with Gasteiger partial charge in [0, 0.05) is 17.6 Å². The van der Waals surface area contributed by atoms with Gasteiger partial charge in [0.1, 0.15) is 5.75 Å². The minimum absolute atomic E-state index is 0.0263. The van der Waals surface area contributed by atoms with Gasteiger partial charge in [-0.25, -0.2) is 0 Å². The highest BCUT2D eigenvalue weighted by Gasteiger charge is 2.20. The number of carbonyl (C=O) groups is 2. The molecule has 0 bridgehead atoms. The molecule has 5 nitrogen and oxygen atoms in total. The Bertz CT molecular complexity index is 784. The molecule has 2 amide bonds. The number of para-hydroxylation sites is 1. The van der Waals surface area contributed by atoms with Crippen molar-refractivity contribution < 1.29 is 14.3 Å². The number of benzene rings is 2. The first-order valence-electron chi connectivity index (χ1n) is 9.20. The average Bonchev–Trinajstić information content (AvgIpc) is 2.97. The number of carbonyl (C=O) groups excluding carboxylic acids is 2. The molecule has 2 aromatic carbocycles. The van der Waals surface area contributed by atoms with Crippen LogP contribution in [0.25, 0.3) is 0 Å². The van der Waals surface area contributed by atoms with E-state index in [4.69, 9.17) is 4.74 Å². The molecule has 1 aliphatic rings. The monoisotopic (exact) mass is 430 g/mol. The molecule has 142 valence electrons. The van der Waals surface area contributed by atoms with Crippen molar-refractivity contribution in [3.63, 3.8) is 0 Å². The SMILES string of the molecule is O=C(COc1ccc(Br)cc1)Nc1ccccc1C(=O)N1CCCCCC1. The number of anilines is 1. The number of halogens is 1. The largest absolute Gasteiger partial charge is 0.484 e. The lowest BCUT2D eigenvalue weighted by Gasteiger charge is -2.22. The Balaban J connectivity index is 1.63. The molecule has 1 aliphatic heterocycles. The summed E-state index contributed by atoms with van der Waals surface area (Å²) in [5, 5.41) is 2.81. The van der Waals surface area contributed by atoms with Crippen LogP contribution in [0.1, 0.15) is 36.0 Å². The predicted molar refractivity (Wildman–Crippen MR) is 109 cm³/mol. The molecule has 0 saturated carbocycles. The van der Waals surface area contributed by atoms with Crippen LogP contribution in [0.2, 0.25) is 0 Å². The van der Waals surface area contributed by atoms with E-state index < -0.39 is 0 Å². The summed E-state index contributed by atoms with van der Waals surface area (Å²) in [7, 11) is 0. The van der Waals surface area contributed by atoms with E-state index >= 15 is 0 Å². The van der Waals surface area contributed by atoms with Gasteiger partial charge in [-0.3, -0.25) is 9.59 Å². The van der Waals surface area contributed by atoms with Gasteiger partial charge in [-0.15, -0.1) is 0 Å². The molecule has 1 N–H and O–H groups in total. The molecule has 0 aromatic heterocycles. The van der Waals surface area contributed by atoms with Gasteiger partial charge in [0.05, 0.1) is 11.3 Å². The van der Waals surface area contributed by atoms with E-state index in [1.165, 1.54) is 0 Å². The van der Waals surface area contributed by atoms with Gasteiger partial charge < -0.3 is 15.0 Å². The molecular weight excluding hydrogens is 408 g/mol. The Kier molecular flexibility index (Phi) is 6.87. The van der Waals surface area contributed by atoms with Crippen molar-refractivity contribution in [1.82, 2.24) is 4.90 Å². The van der Waals surface area contributed by atoms with Crippen LogP contribution in [0.15, 0.2) is 53.0 Å². The number of hydrogen-bond donors (Lipinski definition) is 1. The highest BCUT2D eigenvalue weighted by Crippen LogP contribution is 2.20. The standard InChI is InChI=1S/C21H23BrN2O3/c22-16-9-11-17(12-10-16)27-15-20(25)23-19-8-4-3-7-18(19)21(26)24-13-5-1-2-6-14-24/h3-4,7-12H,1-2,5-6,13-15H2,(H,23,25). The summed E-state index contributed by atoms with van der Waals surface area (Å²) in [6, 6.07) is 14.4. The fourth-order valence-electron chi connectivity index (χ4n) is 3.09. The lowest BCUT2D eigenvalue weighted by molar-refractivity contribution is -0.118. The van der Waals surface area contributed by atoms with Gasteiger partial charge in [-0.1, -0.05) is 40.9 Å². The molecule has 1 fully saturated rings. The Labute approximate surface area is 167 Å². The van der Waals surface area contributed by atoms with Crippen LogP contribution in [0, 0.1) is 0 Å². The van der Waals surface area contributed by atoms with Gasteiger partial charge in [0.15, 0.2) is 6.61 Å². The second kappa shape index (κ2) is 9.55. The summed E-state index contributed by atoms with van der Waals surface area (Å²) in [5.74, 6) is 0.290. The number of hydrogen-bond acceptors (Lipinski definition) is 3. The zero-order valence-corrected chi connectivity index (χ0v) is 16.7. The van der Waals surface area contributed by atoms with E-state index in [0.717, 1.165) is 43.2 Å². The van der Waals surface area contributed by atoms with Crippen molar-refractivity contribution in [3.05, 3.63) is 58.6 Å². The third-order valence-electron chi connectivity index (χ3n) is 4.51. The number of likely N-dealkylation sites (tertiary alicyclic amines) is 1. The number of amides is 2. The fraction of sp³-hybridized carbons (Fsp3) is 0.333. The molecule has 1 heterocycles. The van der Waals surface area contributed by atoms with Crippen molar-refractivity contribution in [3.8, 4) is 5.75 Å². The minimum Gasteiger partial charge on any atom is -0.484 e. The van der Waals surface area contributed by atoms with Crippen LogP contribution < -0.4 is 10.1 Å². The number of nitrogens with one attached hydrogen (secondary N) is 1. The zero-order valence-electron chi connectivity index (χ0n) is 15.1. The van der Waals surface area contributed by atoms with Gasteiger partial charge >= 0.3 is 0 Å². The molecule has 0 aliphatic carbocycles. The van der Waals surface area contributed by atoms with Gasteiger partial charge in [0.2, 0.25) is 0 Å². The normalized spacial score (nSPS) is 14.3. The van der Waals surface area contributed by atoms with Crippen molar-refractivity contribution in [1.29, 1.82) is 0 Å². The van der Waals surface area contributed by atoms with E-state index in [1.807, 2.05) is 29.2 Å². The van der Waals surface area contributed by atoms with E-state index in [9.17, 15) is 9.59 Å². The summed E-state index contributed by atoms with van der Waals surface area (Å²) in [4.78, 5) is 27.1. The Morgan fingerprint density at radius 1 is 0.963 bits per heavy atom. The smallest absolute Gasteiger partial charge is 0.262 e. The van der Waals surface area contributed by atoms with Crippen molar-refractivity contribution in [2.24, 2.45) is 0 Å². The van der Waals surface area contributed by atoms with Crippen LogP contribution in [0.5, 0.6) is 5.75 Å². The summed E-state index contributed by atoms with van der Waals surface area (Å²) in [5.41, 5.74) is 1.05. The Hall–Kier alpha value is -2.34. The quantitative estimate of drug-likeness (QED) is 0.760. The second-order valence-electron chi connectivity index (χ2n) is 6.54. The zero-order chi connectivity index (χ0) is 19.1. The fourth-order valence-corrected chi connectivity index (χ4v) is 3.35. The maximum absolute atomic E-state index is 12.9. The van der Waals surface area contributed by atoms with Crippen molar-refractivity contribution in [2.75, 3.05) is 25.0 Å². The average molecular weight is 431 g/mol. The molecule has 1 saturated heterocycles. The Morgan fingerprint density at radius 3 is 2.33 bits per heavy atom. The first-order valence-corrected chi connectivity index (χ1v) is 9.99. The van der Waals surface area contributed by atoms with Gasteiger partial charge in [-0.05, 0) is 49.2 Å². The lowest BCUT2D eigenvalue weighted by atomic mass is 10.1. The van der Waals surface area contributed by atoms with Gasteiger partial charge in [0.25, 0.3) is 11.8 Å². The van der Waals surface area contributed by atoms with E-state index in [-0.39, 0.29) is 18.4 Å². The van der Waals surface area contributed by atoms with Crippen molar-refractivity contribution >= 4 is 33.4 Å². The molecule has 0 radical (unpaired) electrons. The summed E-state index contributed by atoms with van der Waals surface area (Å²) < 4.78 is 6.44. The molecule has 6 heteroatoms. The molecule has 3 rings (SSSR count). The van der Waals surface area contributed by atoms with Crippen LogP contribution in [-0.4, -0.2) is 36.4 Å². The molecule has 0 unspecified atom stereocenters. The molecule has 0 spiro atoms. The molecular formula is C21H23BrN2O3. The highest BCUT2D eigenvalue weighted by atomic mass is 79.9. The molecule has 27 heavy (non-hydrogen) atoms. The summed E-state index contributed by atoms with van der Waals surface area (Å²) in [6.07, 6.45) is 4.38. The maximum atomic E-state index is 12.9. The lowest BCUT2D eigenvalue weighted by Crippen LogP contribution is -2.33. The number of ether oxygens (including phenoxy) is 1. The number of rotatable bonds is 5. The van der Waals surface area contributed by atoms with E-state index in [2.05, 4.69) is 21.2 Å². The predicted octanol–water partition coefficient (Wildman–Crippen LogP) is 4.48. The third-order valence-corrected chi connectivity index (χ3v) is 5.04. The first kappa shape index (κ1) is 19.4. The van der Waals surface area contributed by atoms with Crippen LogP contribution >= 0.6 is 15.9 Å².